The summed E-state index contributed by atoms with van der Waals surface area (Å²) in [7, 11) is 1.67. The van der Waals surface area contributed by atoms with Crippen LogP contribution in [0, 0.1) is 11.3 Å². The van der Waals surface area contributed by atoms with Crippen molar-refractivity contribution in [2.45, 2.75) is 45.1 Å². The average Bonchev–Trinajstić information content (AvgIpc) is 2.23. The van der Waals surface area contributed by atoms with Crippen LogP contribution in [0.3, 0.4) is 0 Å². The van der Waals surface area contributed by atoms with Gasteiger partial charge in [0.2, 0.25) is 5.91 Å². The Hall–Kier alpha value is -1.57. The Balaban J connectivity index is 3.80. The Morgan fingerprint density at radius 2 is 1.94 bits per heavy atom. The largest absolute Gasteiger partial charge is 0.481 e. The molecule has 0 radical (unpaired) electrons. The van der Waals surface area contributed by atoms with Gasteiger partial charge in [0.25, 0.3) is 0 Å². The summed E-state index contributed by atoms with van der Waals surface area (Å²) < 4.78 is 0. The molecule has 0 heterocycles. The first-order chi connectivity index (χ1) is 7.49. The lowest BCUT2D eigenvalue weighted by Crippen LogP contribution is -2.34. The Bertz CT molecular complexity index is 283. The Labute approximate surface area is 95.7 Å². The second kappa shape index (κ2) is 7.69. The average molecular weight is 226 g/mol. The lowest BCUT2D eigenvalue weighted by molar-refractivity contribution is -0.137. The van der Waals surface area contributed by atoms with Crippen LogP contribution in [0.2, 0.25) is 0 Å². The monoisotopic (exact) mass is 226 g/mol. The van der Waals surface area contributed by atoms with Crippen molar-refractivity contribution >= 4 is 11.9 Å². The van der Waals surface area contributed by atoms with Crippen LogP contribution in [0.1, 0.15) is 39.0 Å². The van der Waals surface area contributed by atoms with E-state index in [1.165, 1.54) is 0 Å². The smallest absolute Gasteiger partial charge is 0.303 e. The molecule has 0 bridgehead atoms. The highest BCUT2D eigenvalue weighted by Gasteiger charge is 2.14. The third kappa shape index (κ3) is 6.02. The fraction of sp³-hybridized carbons (Fsp3) is 0.727. The van der Waals surface area contributed by atoms with E-state index in [1.54, 1.807) is 11.9 Å². The van der Waals surface area contributed by atoms with Gasteiger partial charge in [0.15, 0.2) is 0 Å². The zero-order chi connectivity index (χ0) is 12.6. The molecule has 0 fully saturated rings. The van der Waals surface area contributed by atoms with Crippen LogP contribution in [0.4, 0.5) is 0 Å². The first-order valence-corrected chi connectivity index (χ1v) is 5.33. The lowest BCUT2D eigenvalue weighted by Gasteiger charge is -2.22. The van der Waals surface area contributed by atoms with Crippen molar-refractivity contribution in [3.8, 4) is 6.07 Å². The number of nitriles is 1. The third-order valence-electron chi connectivity index (χ3n) is 2.47. The summed E-state index contributed by atoms with van der Waals surface area (Å²) >= 11 is 0. The summed E-state index contributed by atoms with van der Waals surface area (Å²) in [6.07, 6.45) is 1.86. The van der Waals surface area contributed by atoms with Crippen LogP contribution in [-0.2, 0) is 9.59 Å². The van der Waals surface area contributed by atoms with Gasteiger partial charge in [-0.05, 0) is 19.8 Å². The molecule has 0 aromatic heterocycles. The maximum Gasteiger partial charge on any atom is 0.303 e. The van der Waals surface area contributed by atoms with Gasteiger partial charge in [-0.1, -0.05) is 0 Å². The molecular formula is C11H18N2O3. The van der Waals surface area contributed by atoms with Crippen LogP contribution in [0.5, 0.6) is 0 Å². The molecule has 0 aromatic rings. The number of hydrogen-bond acceptors (Lipinski definition) is 3. The maximum atomic E-state index is 11.6. The molecule has 5 heteroatoms. The van der Waals surface area contributed by atoms with Crippen LogP contribution in [0.25, 0.3) is 0 Å². The van der Waals surface area contributed by atoms with Crippen molar-refractivity contribution in [2.24, 2.45) is 0 Å². The third-order valence-corrected chi connectivity index (χ3v) is 2.47. The summed E-state index contributed by atoms with van der Waals surface area (Å²) in [5, 5.41) is 16.9. The number of rotatable bonds is 7. The lowest BCUT2D eigenvalue weighted by atomic mass is 10.1. The SMILES string of the molecule is CC(CC#N)N(C)C(=O)CCCCC(=O)O. The van der Waals surface area contributed by atoms with E-state index in [9.17, 15) is 9.59 Å². The molecule has 0 aliphatic rings. The molecule has 90 valence electrons. The van der Waals surface area contributed by atoms with Crippen LogP contribution in [-0.4, -0.2) is 35.0 Å². The second-order valence-electron chi connectivity index (χ2n) is 3.82. The summed E-state index contributed by atoms with van der Waals surface area (Å²) in [5.41, 5.74) is 0. The topological polar surface area (TPSA) is 81.4 Å². The molecule has 0 saturated heterocycles. The molecule has 0 spiro atoms. The van der Waals surface area contributed by atoms with Crippen LogP contribution in [0.15, 0.2) is 0 Å². The molecule has 0 rings (SSSR count). The van der Waals surface area contributed by atoms with Gasteiger partial charge in [-0.2, -0.15) is 5.26 Å². The predicted octanol–water partition coefficient (Wildman–Crippen LogP) is 1.39. The number of amides is 1. The molecule has 0 aliphatic heterocycles. The van der Waals surface area contributed by atoms with Crippen LogP contribution < -0.4 is 0 Å². The quantitative estimate of drug-likeness (QED) is 0.665. The van der Waals surface area contributed by atoms with Crippen molar-refractivity contribution < 1.29 is 14.7 Å². The summed E-state index contributed by atoms with van der Waals surface area (Å²) in [5.74, 6) is -0.869. The van der Waals surface area contributed by atoms with E-state index < -0.39 is 5.97 Å². The number of hydrogen-bond donors (Lipinski definition) is 1. The minimum absolute atomic E-state index is 0.0341. The van der Waals surface area contributed by atoms with E-state index in [1.807, 2.05) is 13.0 Å². The molecule has 5 nitrogen and oxygen atoms in total. The molecule has 16 heavy (non-hydrogen) atoms. The number of carbonyl (C=O) groups excluding carboxylic acids is 1. The highest BCUT2D eigenvalue weighted by molar-refractivity contribution is 5.76. The zero-order valence-electron chi connectivity index (χ0n) is 9.77. The van der Waals surface area contributed by atoms with Crippen molar-refractivity contribution in [3.63, 3.8) is 0 Å². The summed E-state index contributed by atoms with van der Waals surface area (Å²) in [4.78, 5) is 23.4. The van der Waals surface area contributed by atoms with Crippen LogP contribution >= 0.6 is 0 Å². The van der Waals surface area contributed by atoms with Gasteiger partial charge >= 0.3 is 5.97 Å². The van der Waals surface area contributed by atoms with Gasteiger partial charge in [-0.15, -0.1) is 0 Å². The normalized spacial score (nSPS) is 11.6. The van der Waals surface area contributed by atoms with Gasteiger partial charge in [0.05, 0.1) is 12.5 Å². The Morgan fingerprint density at radius 1 is 1.38 bits per heavy atom. The minimum Gasteiger partial charge on any atom is -0.481 e. The standard InChI is InChI=1S/C11H18N2O3/c1-9(7-8-12)13(2)10(14)5-3-4-6-11(15)16/h9H,3-7H2,1-2H3,(H,15,16). The number of carbonyl (C=O) groups is 2. The molecule has 1 amide bonds. The predicted molar refractivity (Wildman–Crippen MR) is 58.6 cm³/mol. The van der Waals surface area contributed by atoms with Gasteiger partial charge in [-0.3, -0.25) is 9.59 Å². The minimum atomic E-state index is -0.835. The van der Waals surface area contributed by atoms with Crippen molar-refractivity contribution in [1.82, 2.24) is 4.90 Å². The molecule has 1 unspecified atom stereocenters. The Kier molecular flexibility index (Phi) is 6.93. The highest BCUT2D eigenvalue weighted by Crippen LogP contribution is 2.06. The maximum absolute atomic E-state index is 11.6. The summed E-state index contributed by atoms with van der Waals surface area (Å²) in [6.45, 7) is 1.82. The van der Waals surface area contributed by atoms with E-state index in [0.717, 1.165) is 0 Å². The van der Waals surface area contributed by atoms with E-state index in [0.29, 0.717) is 25.7 Å². The highest BCUT2D eigenvalue weighted by atomic mass is 16.4. The number of unbranched alkanes of at least 4 members (excludes halogenated alkanes) is 1. The van der Waals surface area contributed by atoms with Crippen molar-refractivity contribution in [3.05, 3.63) is 0 Å². The fourth-order valence-electron chi connectivity index (χ4n) is 1.24. The van der Waals surface area contributed by atoms with E-state index in [4.69, 9.17) is 10.4 Å². The molecule has 0 aliphatic carbocycles. The molecule has 0 aromatic carbocycles. The van der Waals surface area contributed by atoms with E-state index in [2.05, 4.69) is 0 Å². The second-order valence-corrected chi connectivity index (χ2v) is 3.82. The Morgan fingerprint density at radius 3 is 2.44 bits per heavy atom. The summed E-state index contributed by atoms with van der Waals surface area (Å²) in [6, 6.07) is 1.93. The van der Waals surface area contributed by atoms with Gasteiger partial charge in [0, 0.05) is 25.9 Å². The fourth-order valence-corrected chi connectivity index (χ4v) is 1.24. The number of nitrogens with zero attached hydrogens (tertiary/aromatic N) is 2. The van der Waals surface area contributed by atoms with Crippen molar-refractivity contribution in [1.29, 1.82) is 5.26 Å². The van der Waals surface area contributed by atoms with Crippen molar-refractivity contribution in [2.75, 3.05) is 7.05 Å². The number of aliphatic carboxylic acids is 1. The van der Waals surface area contributed by atoms with Gasteiger partial charge in [-0.25, -0.2) is 0 Å². The molecule has 1 atom stereocenters. The van der Waals surface area contributed by atoms with Gasteiger partial charge < -0.3 is 10.0 Å². The first kappa shape index (κ1) is 14.4. The van der Waals surface area contributed by atoms with Gasteiger partial charge in [0.1, 0.15) is 0 Å². The van der Waals surface area contributed by atoms with E-state index >= 15 is 0 Å². The zero-order valence-corrected chi connectivity index (χ0v) is 9.77. The molecule has 0 saturated carbocycles. The first-order valence-electron chi connectivity index (χ1n) is 5.33. The molecular weight excluding hydrogens is 208 g/mol. The van der Waals surface area contributed by atoms with E-state index in [-0.39, 0.29) is 18.4 Å². The molecule has 1 N–H and O–H groups in total. The number of carboxylic acids is 1. The number of carboxylic acid groups (broad SMARTS) is 1.